The van der Waals surface area contributed by atoms with Crippen molar-refractivity contribution in [2.75, 3.05) is 7.11 Å². The lowest BCUT2D eigenvalue weighted by molar-refractivity contribution is -0.710. The first-order chi connectivity index (χ1) is 11.9. The minimum Gasteiger partial charge on any atom is -0.497 e. The Morgan fingerprint density at radius 3 is 2.40 bits per heavy atom. The Hall–Kier alpha value is -2.47. The third-order valence-corrected chi connectivity index (χ3v) is 4.09. The van der Waals surface area contributed by atoms with Crippen LogP contribution in [0.3, 0.4) is 0 Å². The van der Waals surface area contributed by atoms with Gasteiger partial charge in [0.25, 0.3) is 5.91 Å². The molecule has 0 saturated carbocycles. The molecule has 0 fully saturated rings. The van der Waals surface area contributed by atoms with Crippen molar-refractivity contribution >= 4 is 5.91 Å². The summed E-state index contributed by atoms with van der Waals surface area (Å²) in [5, 5.41) is 4.68. The molecule has 0 radical (unpaired) electrons. The molecule has 1 amide bonds. The number of rotatable bonds is 7. The second kappa shape index (κ2) is 8.58. The van der Waals surface area contributed by atoms with Gasteiger partial charge in [0.05, 0.1) is 7.11 Å². The van der Waals surface area contributed by atoms with Crippen LogP contribution in [-0.2, 0) is 11.3 Å². The molecule has 0 heterocycles. The molecule has 0 aliphatic carbocycles. The minimum absolute atomic E-state index is 0.120. The normalized spacial score (nSPS) is 13.2. The van der Waals surface area contributed by atoms with Crippen LogP contribution in [0.1, 0.15) is 31.0 Å². The molecule has 4 nitrogen and oxygen atoms in total. The fraction of sp³-hybridized carbons (Fsp3) is 0.316. The van der Waals surface area contributed by atoms with E-state index in [2.05, 4.69) is 5.32 Å². The van der Waals surface area contributed by atoms with Crippen molar-refractivity contribution in [3.05, 3.63) is 65.2 Å². The highest BCUT2D eigenvalue weighted by Crippen LogP contribution is 2.13. The monoisotopic (exact) mass is 349 g/mol. The number of carbonyl (C=O) groups excluding carboxylic acids is 1. The molecule has 2 atom stereocenters. The molecule has 0 saturated heterocycles. The number of quaternary nitrogens is 1. The van der Waals surface area contributed by atoms with Crippen LogP contribution in [0.4, 0.5) is 8.78 Å². The summed E-state index contributed by atoms with van der Waals surface area (Å²) in [6, 6.07) is 10.7. The van der Waals surface area contributed by atoms with Crippen LogP contribution in [0, 0.1) is 11.6 Å². The first-order valence-electron chi connectivity index (χ1n) is 8.11. The Kier molecular flexibility index (Phi) is 6.47. The zero-order valence-electron chi connectivity index (χ0n) is 14.6. The summed E-state index contributed by atoms with van der Waals surface area (Å²) >= 11 is 0. The Bertz CT molecular complexity index is 720. The number of benzene rings is 2. The number of nitrogens with one attached hydrogen (secondary N) is 1. The summed E-state index contributed by atoms with van der Waals surface area (Å²) in [4.78, 5) is 12.2. The largest absolute Gasteiger partial charge is 0.497 e. The lowest BCUT2D eigenvalue weighted by Gasteiger charge is -2.17. The first-order valence-corrected chi connectivity index (χ1v) is 8.11. The SMILES string of the molecule is COc1ccc(CNC(=O)[C@@H](C)[NH2+][C@@H](C)c2ccc(F)c(F)c2)cc1. The lowest BCUT2D eigenvalue weighted by atomic mass is 10.1. The molecule has 0 aliphatic heterocycles. The van der Waals surface area contributed by atoms with E-state index in [1.807, 2.05) is 36.5 Å². The molecule has 134 valence electrons. The smallest absolute Gasteiger partial charge is 0.278 e. The molecule has 0 aliphatic rings. The van der Waals surface area contributed by atoms with Crippen molar-refractivity contribution in [3.8, 4) is 5.75 Å². The predicted molar refractivity (Wildman–Crippen MR) is 91.0 cm³/mol. The van der Waals surface area contributed by atoms with Gasteiger partial charge < -0.3 is 15.4 Å². The zero-order chi connectivity index (χ0) is 18.4. The number of carbonyl (C=O) groups is 1. The van der Waals surface area contributed by atoms with E-state index in [0.717, 1.165) is 17.4 Å². The van der Waals surface area contributed by atoms with Crippen LogP contribution >= 0.6 is 0 Å². The van der Waals surface area contributed by atoms with Crippen molar-refractivity contribution in [3.63, 3.8) is 0 Å². The zero-order valence-corrected chi connectivity index (χ0v) is 14.6. The highest BCUT2D eigenvalue weighted by Gasteiger charge is 2.20. The highest BCUT2D eigenvalue weighted by molar-refractivity contribution is 5.79. The van der Waals surface area contributed by atoms with E-state index in [1.54, 1.807) is 14.0 Å². The van der Waals surface area contributed by atoms with Gasteiger partial charge in [-0.25, -0.2) is 8.78 Å². The Labute approximate surface area is 146 Å². The highest BCUT2D eigenvalue weighted by atomic mass is 19.2. The van der Waals surface area contributed by atoms with Crippen LogP contribution < -0.4 is 15.4 Å². The van der Waals surface area contributed by atoms with Crippen molar-refractivity contribution in [1.29, 1.82) is 0 Å². The van der Waals surface area contributed by atoms with Gasteiger partial charge in [-0.1, -0.05) is 12.1 Å². The third kappa shape index (κ3) is 5.26. The van der Waals surface area contributed by atoms with Gasteiger partial charge >= 0.3 is 0 Å². The number of amides is 1. The molecule has 3 N–H and O–H groups in total. The maximum absolute atomic E-state index is 13.3. The number of nitrogens with two attached hydrogens (primary N) is 1. The number of ether oxygens (including phenoxy) is 1. The van der Waals surface area contributed by atoms with E-state index in [-0.39, 0.29) is 18.0 Å². The van der Waals surface area contributed by atoms with E-state index in [9.17, 15) is 13.6 Å². The molecular weight excluding hydrogens is 326 g/mol. The molecule has 2 aromatic rings. The summed E-state index contributed by atoms with van der Waals surface area (Å²) in [6.07, 6.45) is 0. The lowest BCUT2D eigenvalue weighted by Crippen LogP contribution is -2.92. The number of hydrogen-bond donors (Lipinski definition) is 2. The third-order valence-electron chi connectivity index (χ3n) is 4.09. The van der Waals surface area contributed by atoms with Crippen molar-refractivity contribution in [1.82, 2.24) is 5.32 Å². The molecule has 2 aromatic carbocycles. The molecule has 0 bridgehead atoms. The summed E-state index contributed by atoms with van der Waals surface area (Å²) in [7, 11) is 1.60. The maximum Gasteiger partial charge on any atom is 0.278 e. The van der Waals surface area contributed by atoms with Crippen LogP contribution in [-0.4, -0.2) is 19.1 Å². The molecule has 2 rings (SSSR count). The second-order valence-electron chi connectivity index (χ2n) is 6.01. The topological polar surface area (TPSA) is 54.9 Å². The fourth-order valence-electron chi connectivity index (χ4n) is 2.52. The summed E-state index contributed by atoms with van der Waals surface area (Å²) in [5.74, 6) is -1.11. The maximum atomic E-state index is 13.3. The standard InChI is InChI=1S/C19H22F2N2O2/c1-12(15-6-9-17(20)18(21)10-15)23-13(2)19(24)22-11-14-4-7-16(25-3)8-5-14/h4-10,12-13,23H,11H2,1-3H3,(H,22,24)/p+1/t12-,13+/m0/s1. The first kappa shape index (κ1) is 18.9. The van der Waals surface area contributed by atoms with E-state index >= 15 is 0 Å². The second-order valence-corrected chi connectivity index (χ2v) is 6.01. The molecular formula is C19H23F2N2O2+. The minimum atomic E-state index is -0.880. The molecule has 0 spiro atoms. The van der Waals surface area contributed by atoms with Gasteiger partial charge in [0.1, 0.15) is 11.8 Å². The van der Waals surface area contributed by atoms with Gasteiger partial charge in [-0.3, -0.25) is 4.79 Å². The number of hydrogen-bond acceptors (Lipinski definition) is 2. The van der Waals surface area contributed by atoms with Crippen LogP contribution in [0.5, 0.6) is 5.75 Å². The van der Waals surface area contributed by atoms with Gasteiger partial charge in [0.2, 0.25) is 0 Å². The average Bonchev–Trinajstić information content (AvgIpc) is 2.62. The van der Waals surface area contributed by atoms with E-state index in [1.165, 1.54) is 12.1 Å². The van der Waals surface area contributed by atoms with E-state index in [4.69, 9.17) is 4.74 Å². The number of halogens is 2. The molecule has 0 aromatic heterocycles. The van der Waals surface area contributed by atoms with Crippen molar-refractivity contribution in [2.24, 2.45) is 0 Å². The summed E-state index contributed by atoms with van der Waals surface area (Å²) in [5.41, 5.74) is 1.60. The van der Waals surface area contributed by atoms with Crippen molar-refractivity contribution in [2.45, 2.75) is 32.5 Å². The molecule has 25 heavy (non-hydrogen) atoms. The van der Waals surface area contributed by atoms with Crippen LogP contribution in [0.25, 0.3) is 0 Å². The Morgan fingerprint density at radius 1 is 1.12 bits per heavy atom. The Morgan fingerprint density at radius 2 is 1.80 bits per heavy atom. The van der Waals surface area contributed by atoms with Crippen LogP contribution in [0.2, 0.25) is 0 Å². The van der Waals surface area contributed by atoms with Gasteiger partial charge in [0, 0.05) is 12.1 Å². The molecule has 0 unspecified atom stereocenters. The average molecular weight is 349 g/mol. The van der Waals surface area contributed by atoms with E-state index < -0.39 is 11.6 Å². The Balaban J connectivity index is 1.87. The van der Waals surface area contributed by atoms with Crippen LogP contribution in [0.15, 0.2) is 42.5 Å². The quantitative estimate of drug-likeness (QED) is 0.806. The fourth-order valence-corrected chi connectivity index (χ4v) is 2.52. The van der Waals surface area contributed by atoms with Crippen molar-refractivity contribution < 1.29 is 23.6 Å². The van der Waals surface area contributed by atoms with Gasteiger partial charge in [-0.2, -0.15) is 0 Å². The van der Waals surface area contributed by atoms with Gasteiger partial charge in [0.15, 0.2) is 17.7 Å². The summed E-state index contributed by atoms with van der Waals surface area (Å²) < 4.78 is 31.4. The molecule has 6 heteroatoms. The predicted octanol–water partition coefficient (Wildman–Crippen LogP) is 2.30. The van der Waals surface area contributed by atoms with Gasteiger partial charge in [-0.15, -0.1) is 0 Å². The van der Waals surface area contributed by atoms with Gasteiger partial charge in [-0.05, 0) is 49.7 Å². The number of methoxy groups -OCH3 is 1. The summed E-state index contributed by atoms with van der Waals surface area (Å²) in [6.45, 7) is 4.04. The van der Waals surface area contributed by atoms with E-state index in [0.29, 0.717) is 12.1 Å².